The molecule has 4 nitrogen and oxygen atoms in total. The number of amides is 1. The van der Waals surface area contributed by atoms with Gasteiger partial charge in [-0.05, 0) is 30.9 Å². The van der Waals surface area contributed by atoms with Gasteiger partial charge in [0.15, 0.2) is 0 Å². The van der Waals surface area contributed by atoms with Crippen molar-refractivity contribution < 1.29 is 9.53 Å². The minimum absolute atomic E-state index is 0.0885. The van der Waals surface area contributed by atoms with Gasteiger partial charge in [-0.2, -0.15) is 0 Å². The molecule has 0 aromatic carbocycles. The van der Waals surface area contributed by atoms with E-state index >= 15 is 0 Å². The van der Waals surface area contributed by atoms with Gasteiger partial charge in [-0.1, -0.05) is 19.4 Å². The van der Waals surface area contributed by atoms with E-state index < -0.39 is 0 Å². The molecule has 0 saturated heterocycles. The topological polar surface area (TPSA) is 42.4 Å². The van der Waals surface area contributed by atoms with Crippen LogP contribution in [-0.4, -0.2) is 36.6 Å². The third-order valence-electron chi connectivity index (χ3n) is 4.43. The summed E-state index contributed by atoms with van der Waals surface area (Å²) in [6, 6.07) is 4.05. The van der Waals surface area contributed by atoms with Crippen LogP contribution in [0.25, 0.3) is 0 Å². The van der Waals surface area contributed by atoms with Gasteiger partial charge < -0.3 is 9.64 Å². The van der Waals surface area contributed by atoms with Crippen molar-refractivity contribution in [2.75, 3.05) is 20.8 Å². The molecule has 2 rings (SSSR count). The SMILES string of the molecule is CCC(c1cccnc1)N(C)C(=O)C1(COC)CCC1. The van der Waals surface area contributed by atoms with Gasteiger partial charge in [0.2, 0.25) is 5.91 Å². The molecule has 0 aliphatic heterocycles. The number of nitrogens with zero attached hydrogens (tertiary/aromatic N) is 2. The molecular formula is C16H24N2O2. The first-order valence-corrected chi connectivity index (χ1v) is 7.31. The van der Waals surface area contributed by atoms with Crippen LogP contribution in [0.4, 0.5) is 0 Å². The maximum atomic E-state index is 12.8. The molecule has 0 N–H and O–H groups in total. The highest BCUT2D eigenvalue weighted by Gasteiger charge is 2.46. The summed E-state index contributed by atoms with van der Waals surface area (Å²) >= 11 is 0. The highest BCUT2D eigenvalue weighted by molar-refractivity contribution is 5.84. The van der Waals surface area contributed by atoms with Crippen LogP contribution in [0.5, 0.6) is 0 Å². The Morgan fingerprint density at radius 1 is 1.55 bits per heavy atom. The Bertz CT molecular complexity index is 443. The second kappa shape index (κ2) is 6.35. The first-order chi connectivity index (χ1) is 9.64. The first kappa shape index (κ1) is 15.0. The zero-order valence-electron chi connectivity index (χ0n) is 12.6. The normalized spacial score (nSPS) is 18.1. The van der Waals surface area contributed by atoms with Crippen LogP contribution in [0.2, 0.25) is 0 Å². The second-order valence-corrected chi connectivity index (χ2v) is 5.69. The number of hydrogen-bond acceptors (Lipinski definition) is 3. The molecule has 1 heterocycles. The lowest BCUT2D eigenvalue weighted by Crippen LogP contribution is -2.50. The molecule has 1 aromatic heterocycles. The van der Waals surface area contributed by atoms with Gasteiger partial charge in [-0.15, -0.1) is 0 Å². The largest absolute Gasteiger partial charge is 0.384 e. The van der Waals surface area contributed by atoms with Crippen molar-refractivity contribution in [3.05, 3.63) is 30.1 Å². The van der Waals surface area contributed by atoms with Crippen molar-refractivity contribution in [2.45, 2.75) is 38.6 Å². The summed E-state index contributed by atoms with van der Waals surface area (Å²) in [6.45, 7) is 2.63. The quantitative estimate of drug-likeness (QED) is 0.802. The van der Waals surface area contributed by atoms with E-state index in [2.05, 4.69) is 11.9 Å². The molecular weight excluding hydrogens is 252 g/mol. The molecule has 1 aliphatic rings. The summed E-state index contributed by atoms with van der Waals surface area (Å²) < 4.78 is 5.28. The first-order valence-electron chi connectivity index (χ1n) is 7.31. The van der Waals surface area contributed by atoms with Gasteiger partial charge >= 0.3 is 0 Å². The van der Waals surface area contributed by atoms with Crippen LogP contribution in [-0.2, 0) is 9.53 Å². The fraction of sp³-hybridized carbons (Fsp3) is 0.625. The highest BCUT2D eigenvalue weighted by Crippen LogP contribution is 2.44. The predicted octanol–water partition coefficient (Wildman–Crippen LogP) is 2.81. The summed E-state index contributed by atoms with van der Waals surface area (Å²) in [5, 5.41) is 0. The molecule has 0 spiro atoms. The Labute approximate surface area is 121 Å². The van der Waals surface area contributed by atoms with Crippen molar-refractivity contribution in [3.63, 3.8) is 0 Å². The standard InChI is InChI=1S/C16H24N2O2/c1-4-14(13-7-5-10-17-11-13)18(2)15(19)16(12-20-3)8-6-9-16/h5,7,10-11,14H,4,6,8-9,12H2,1-3H3. The molecule has 1 aromatic rings. The Hall–Kier alpha value is -1.42. The lowest BCUT2D eigenvalue weighted by atomic mass is 9.68. The van der Waals surface area contributed by atoms with Crippen LogP contribution in [0.3, 0.4) is 0 Å². The van der Waals surface area contributed by atoms with E-state index in [0.29, 0.717) is 6.61 Å². The maximum absolute atomic E-state index is 12.8. The van der Waals surface area contributed by atoms with E-state index in [1.54, 1.807) is 13.3 Å². The second-order valence-electron chi connectivity index (χ2n) is 5.69. The highest BCUT2D eigenvalue weighted by atomic mass is 16.5. The van der Waals surface area contributed by atoms with E-state index in [4.69, 9.17) is 4.74 Å². The molecule has 1 amide bonds. The molecule has 1 saturated carbocycles. The zero-order chi connectivity index (χ0) is 14.6. The van der Waals surface area contributed by atoms with Crippen LogP contribution in [0.1, 0.15) is 44.2 Å². The summed E-state index contributed by atoms with van der Waals surface area (Å²) in [4.78, 5) is 18.9. The summed E-state index contributed by atoms with van der Waals surface area (Å²) in [6.07, 6.45) is 7.49. The van der Waals surface area contributed by atoms with Gasteiger partial charge in [-0.25, -0.2) is 0 Å². The smallest absolute Gasteiger partial charge is 0.231 e. The Morgan fingerprint density at radius 3 is 2.75 bits per heavy atom. The van der Waals surface area contributed by atoms with Crippen molar-refractivity contribution in [1.82, 2.24) is 9.88 Å². The monoisotopic (exact) mass is 276 g/mol. The molecule has 1 atom stereocenters. The fourth-order valence-electron chi connectivity index (χ4n) is 3.12. The molecule has 1 unspecified atom stereocenters. The molecule has 0 bridgehead atoms. The Balaban J connectivity index is 2.16. The third-order valence-corrected chi connectivity index (χ3v) is 4.43. The summed E-state index contributed by atoms with van der Waals surface area (Å²) in [5.74, 6) is 0.210. The lowest BCUT2D eigenvalue weighted by molar-refractivity contribution is -0.153. The molecule has 4 heteroatoms. The van der Waals surface area contributed by atoms with Crippen molar-refractivity contribution in [1.29, 1.82) is 0 Å². The number of carbonyl (C=O) groups is 1. The Kier molecular flexibility index (Phi) is 4.76. The van der Waals surface area contributed by atoms with Crippen LogP contribution in [0, 0.1) is 5.41 Å². The number of methoxy groups -OCH3 is 1. The van der Waals surface area contributed by atoms with Crippen molar-refractivity contribution in [3.8, 4) is 0 Å². The van der Waals surface area contributed by atoms with E-state index in [1.165, 1.54) is 0 Å². The molecule has 1 fully saturated rings. The van der Waals surface area contributed by atoms with Crippen LogP contribution in [0.15, 0.2) is 24.5 Å². The van der Waals surface area contributed by atoms with E-state index in [0.717, 1.165) is 31.2 Å². The molecule has 1 aliphatic carbocycles. The van der Waals surface area contributed by atoms with E-state index in [9.17, 15) is 4.79 Å². The number of rotatable bonds is 6. The zero-order valence-corrected chi connectivity index (χ0v) is 12.6. The number of carbonyl (C=O) groups excluding carboxylic acids is 1. The lowest BCUT2D eigenvalue weighted by Gasteiger charge is -2.44. The van der Waals surface area contributed by atoms with Crippen molar-refractivity contribution in [2.24, 2.45) is 5.41 Å². The van der Waals surface area contributed by atoms with Gasteiger partial charge in [0.05, 0.1) is 18.1 Å². The van der Waals surface area contributed by atoms with Crippen molar-refractivity contribution >= 4 is 5.91 Å². The van der Waals surface area contributed by atoms with Crippen LogP contribution >= 0.6 is 0 Å². The average molecular weight is 276 g/mol. The van der Waals surface area contributed by atoms with Crippen LogP contribution < -0.4 is 0 Å². The van der Waals surface area contributed by atoms with Gasteiger partial charge in [0.25, 0.3) is 0 Å². The minimum atomic E-state index is -0.293. The summed E-state index contributed by atoms with van der Waals surface area (Å²) in [7, 11) is 3.57. The Morgan fingerprint density at radius 2 is 2.30 bits per heavy atom. The third kappa shape index (κ3) is 2.70. The van der Waals surface area contributed by atoms with E-state index in [1.807, 2.05) is 30.3 Å². The number of pyridine rings is 1. The predicted molar refractivity (Wildman–Crippen MR) is 78.2 cm³/mol. The average Bonchev–Trinajstić information content (AvgIpc) is 2.44. The fourth-order valence-corrected chi connectivity index (χ4v) is 3.12. The number of ether oxygens (including phenoxy) is 1. The van der Waals surface area contributed by atoms with Gasteiger partial charge in [-0.3, -0.25) is 9.78 Å². The summed E-state index contributed by atoms with van der Waals surface area (Å²) in [5.41, 5.74) is 0.803. The molecule has 20 heavy (non-hydrogen) atoms. The van der Waals surface area contributed by atoms with E-state index in [-0.39, 0.29) is 17.4 Å². The van der Waals surface area contributed by atoms with Gasteiger partial charge in [0, 0.05) is 26.6 Å². The maximum Gasteiger partial charge on any atom is 0.231 e. The van der Waals surface area contributed by atoms with Gasteiger partial charge in [0.1, 0.15) is 0 Å². The number of aromatic nitrogens is 1. The molecule has 110 valence electrons. The number of hydrogen-bond donors (Lipinski definition) is 0. The molecule has 0 radical (unpaired) electrons. The minimum Gasteiger partial charge on any atom is -0.384 e.